The third-order valence-electron chi connectivity index (χ3n) is 2.66. The molecule has 1 aromatic carbocycles. The molecule has 1 unspecified atom stereocenters. The molecule has 2 rings (SSSR count). The number of methoxy groups -OCH3 is 1. The highest BCUT2D eigenvalue weighted by molar-refractivity contribution is 7.91. The molecule has 1 aromatic rings. The van der Waals surface area contributed by atoms with Gasteiger partial charge in [0.15, 0.2) is 0 Å². The van der Waals surface area contributed by atoms with Gasteiger partial charge in [0, 0.05) is 7.11 Å². The summed E-state index contributed by atoms with van der Waals surface area (Å²) >= 11 is 0. The van der Waals surface area contributed by atoms with Gasteiger partial charge in [0.25, 0.3) is 5.91 Å². The maximum absolute atomic E-state index is 12.2. The SMILES string of the molecule is COCC(C)N1C(=O)c2ccccc2NS1(=O)=O. The zero-order valence-electron chi connectivity index (χ0n) is 10.1. The minimum Gasteiger partial charge on any atom is -0.383 e. The molecule has 1 heterocycles. The minimum atomic E-state index is -3.85. The van der Waals surface area contributed by atoms with Crippen LogP contribution in [0.3, 0.4) is 0 Å². The van der Waals surface area contributed by atoms with Gasteiger partial charge in [-0.3, -0.25) is 9.52 Å². The Labute approximate surface area is 106 Å². The number of nitrogens with one attached hydrogen (secondary N) is 1. The smallest absolute Gasteiger partial charge is 0.326 e. The van der Waals surface area contributed by atoms with Crippen LogP contribution in [0.4, 0.5) is 5.69 Å². The molecule has 0 aromatic heterocycles. The van der Waals surface area contributed by atoms with E-state index in [1.165, 1.54) is 7.11 Å². The van der Waals surface area contributed by atoms with Crippen molar-refractivity contribution in [2.45, 2.75) is 13.0 Å². The van der Waals surface area contributed by atoms with Gasteiger partial charge in [0.2, 0.25) is 0 Å². The fourth-order valence-corrected chi connectivity index (χ4v) is 3.33. The number of rotatable bonds is 3. The summed E-state index contributed by atoms with van der Waals surface area (Å²) in [5, 5.41) is 0. The van der Waals surface area contributed by atoms with Gasteiger partial charge in [0.1, 0.15) is 0 Å². The molecule has 18 heavy (non-hydrogen) atoms. The van der Waals surface area contributed by atoms with Crippen molar-refractivity contribution in [1.82, 2.24) is 4.31 Å². The van der Waals surface area contributed by atoms with Gasteiger partial charge in [-0.15, -0.1) is 0 Å². The first-order valence-electron chi connectivity index (χ1n) is 5.42. The van der Waals surface area contributed by atoms with Crippen molar-refractivity contribution in [2.75, 3.05) is 18.4 Å². The van der Waals surface area contributed by atoms with E-state index in [0.29, 0.717) is 11.3 Å². The summed E-state index contributed by atoms with van der Waals surface area (Å²) < 4.78 is 32.1. The van der Waals surface area contributed by atoms with Crippen LogP contribution in [0.15, 0.2) is 24.3 Å². The van der Waals surface area contributed by atoms with Crippen molar-refractivity contribution in [3.8, 4) is 0 Å². The fourth-order valence-electron chi connectivity index (χ4n) is 1.92. The van der Waals surface area contributed by atoms with Crippen LogP contribution in [0.5, 0.6) is 0 Å². The van der Waals surface area contributed by atoms with Gasteiger partial charge < -0.3 is 4.74 Å². The van der Waals surface area contributed by atoms with Crippen molar-refractivity contribution >= 4 is 21.8 Å². The van der Waals surface area contributed by atoms with Crippen LogP contribution in [0, 0.1) is 0 Å². The first kappa shape index (κ1) is 12.8. The van der Waals surface area contributed by atoms with E-state index >= 15 is 0 Å². The number of benzene rings is 1. The molecule has 0 saturated heterocycles. The van der Waals surface area contributed by atoms with Gasteiger partial charge in [-0.25, -0.2) is 4.31 Å². The van der Waals surface area contributed by atoms with Gasteiger partial charge in [0.05, 0.1) is 23.9 Å². The summed E-state index contributed by atoms with van der Waals surface area (Å²) in [4.78, 5) is 12.2. The zero-order valence-corrected chi connectivity index (χ0v) is 10.9. The average molecular weight is 270 g/mol. The van der Waals surface area contributed by atoms with Crippen LogP contribution < -0.4 is 4.72 Å². The van der Waals surface area contributed by atoms with Crippen LogP contribution >= 0.6 is 0 Å². The average Bonchev–Trinajstić information content (AvgIpc) is 2.28. The molecule has 6 nitrogen and oxygen atoms in total. The Bertz CT molecular complexity index is 570. The molecule has 0 saturated carbocycles. The number of nitrogens with zero attached hydrogens (tertiary/aromatic N) is 1. The third kappa shape index (κ3) is 2.06. The Hall–Kier alpha value is -1.60. The number of carbonyl (C=O) groups is 1. The lowest BCUT2D eigenvalue weighted by Gasteiger charge is -2.32. The maximum Gasteiger partial charge on any atom is 0.326 e. The highest BCUT2D eigenvalue weighted by Gasteiger charge is 2.38. The monoisotopic (exact) mass is 270 g/mol. The van der Waals surface area contributed by atoms with E-state index in [1.54, 1.807) is 31.2 Å². The molecule has 1 N–H and O–H groups in total. The predicted octanol–water partition coefficient (Wildman–Crippen LogP) is 0.834. The molecule has 1 aliphatic heterocycles. The molecule has 0 radical (unpaired) electrons. The lowest BCUT2D eigenvalue weighted by atomic mass is 10.1. The number of fused-ring (bicyclic) bond motifs is 1. The highest BCUT2D eigenvalue weighted by Crippen LogP contribution is 2.27. The first-order valence-corrected chi connectivity index (χ1v) is 6.86. The van der Waals surface area contributed by atoms with Crippen LogP contribution in [0.2, 0.25) is 0 Å². The van der Waals surface area contributed by atoms with E-state index < -0.39 is 22.2 Å². The number of ether oxygens (including phenoxy) is 1. The molecule has 0 bridgehead atoms. The van der Waals surface area contributed by atoms with Gasteiger partial charge in [-0.2, -0.15) is 8.42 Å². The number of carbonyl (C=O) groups excluding carboxylic acids is 1. The Balaban J connectivity index is 2.47. The lowest BCUT2D eigenvalue weighted by Crippen LogP contribution is -2.50. The topological polar surface area (TPSA) is 75.7 Å². The molecule has 1 atom stereocenters. The van der Waals surface area contributed by atoms with Crippen molar-refractivity contribution < 1.29 is 17.9 Å². The van der Waals surface area contributed by atoms with Crippen molar-refractivity contribution in [3.05, 3.63) is 29.8 Å². The number of hydrogen-bond acceptors (Lipinski definition) is 4. The largest absolute Gasteiger partial charge is 0.383 e. The summed E-state index contributed by atoms with van der Waals surface area (Å²) in [5.74, 6) is -0.533. The molecular formula is C11H14N2O4S. The molecule has 0 spiro atoms. The number of anilines is 1. The fraction of sp³-hybridized carbons (Fsp3) is 0.364. The summed E-state index contributed by atoms with van der Waals surface area (Å²) in [6.45, 7) is 1.77. The van der Waals surface area contributed by atoms with Gasteiger partial charge in [-0.1, -0.05) is 12.1 Å². The van der Waals surface area contributed by atoms with Gasteiger partial charge >= 0.3 is 10.2 Å². The number of hydrogen-bond donors (Lipinski definition) is 1. The van der Waals surface area contributed by atoms with Crippen LogP contribution in [0.1, 0.15) is 17.3 Å². The van der Waals surface area contributed by atoms with Crippen molar-refractivity contribution in [3.63, 3.8) is 0 Å². The third-order valence-corrected chi connectivity index (χ3v) is 4.19. The number of para-hydroxylation sites is 1. The Morgan fingerprint density at radius 1 is 1.39 bits per heavy atom. The first-order chi connectivity index (χ1) is 8.47. The normalized spacial score (nSPS) is 19.0. The summed E-state index contributed by atoms with van der Waals surface area (Å²) in [7, 11) is -2.40. The van der Waals surface area contributed by atoms with E-state index in [4.69, 9.17) is 4.74 Å². The van der Waals surface area contributed by atoms with E-state index in [0.717, 1.165) is 4.31 Å². The summed E-state index contributed by atoms with van der Waals surface area (Å²) in [6.07, 6.45) is 0. The van der Waals surface area contributed by atoms with E-state index in [1.807, 2.05) is 0 Å². The van der Waals surface area contributed by atoms with Crippen molar-refractivity contribution in [2.24, 2.45) is 0 Å². The molecule has 98 valence electrons. The van der Waals surface area contributed by atoms with Crippen LogP contribution in [-0.4, -0.2) is 38.4 Å². The lowest BCUT2D eigenvalue weighted by molar-refractivity contribution is 0.0749. The molecule has 7 heteroatoms. The Morgan fingerprint density at radius 3 is 2.72 bits per heavy atom. The molecule has 0 aliphatic carbocycles. The van der Waals surface area contributed by atoms with E-state index in [2.05, 4.69) is 4.72 Å². The van der Waals surface area contributed by atoms with E-state index in [-0.39, 0.29) is 6.61 Å². The summed E-state index contributed by atoms with van der Waals surface area (Å²) in [6, 6.07) is 5.95. The quantitative estimate of drug-likeness (QED) is 0.883. The molecule has 1 aliphatic rings. The summed E-state index contributed by atoms with van der Waals surface area (Å²) in [5.41, 5.74) is 0.652. The second kappa shape index (κ2) is 4.58. The highest BCUT2D eigenvalue weighted by atomic mass is 32.2. The second-order valence-electron chi connectivity index (χ2n) is 4.06. The van der Waals surface area contributed by atoms with Gasteiger partial charge in [-0.05, 0) is 19.1 Å². The molecule has 1 amide bonds. The maximum atomic E-state index is 12.2. The van der Waals surface area contributed by atoms with Crippen LogP contribution in [-0.2, 0) is 14.9 Å². The number of amides is 1. The Kier molecular flexibility index (Phi) is 3.27. The van der Waals surface area contributed by atoms with Crippen molar-refractivity contribution in [1.29, 1.82) is 0 Å². The predicted molar refractivity (Wildman–Crippen MR) is 66.5 cm³/mol. The zero-order chi connectivity index (χ0) is 13.3. The Morgan fingerprint density at radius 2 is 2.06 bits per heavy atom. The standard InChI is InChI=1S/C11H14N2O4S/c1-8(7-17-2)13-11(14)9-5-3-4-6-10(9)12-18(13,15)16/h3-6,8,12H,7H2,1-2H3. The molecule has 0 fully saturated rings. The van der Waals surface area contributed by atoms with E-state index in [9.17, 15) is 13.2 Å². The molecular weight excluding hydrogens is 256 g/mol. The minimum absolute atomic E-state index is 0.148. The van der Waals surface area contributed by atoms with Crippen LogP contribution in [0.25, 0.3) is 0 Å². The second-order valence-corrected chi connectivity index (χ2v) is 5.61.